The minimum atomic E-state index is -3.68. The maximum absolute atomic E-state index is 12.9. The molecule has 0 bridgehead atoms. The standard InChI is InChI=1S/C19H20Cl2N2O4S/c1-27-17-4-6-18(7-5-17)28(25,26)23-8-2-3-13(12-23)19(24)22-16-10-14(20)9-15(21)11-16/h4-7,9-11,13H,2-3,8,12H2,1H3,(H,22,24)/t13-/m1/s1. The second-order valence-electron chi connectivity index (χ2n) is 6.53. The van der Waals surface area contributed by atoms with Crippen LogP contribution in [0.1, 0.15) is 12.8 Å². The lowest BCUT2D eigenvalue weighted by Gasteiger charge is -2.31. The Hall–Kier alpha value is -1.80. The van der Waals surface area contributed by atoms with Crippen molar-refractivity contribution in [3.63, 3.8) is 0 Å². The molecule has 1 fully saturated rings. The molecule has 1 aliphatic rings. The Labute approximate surface area is 174 Å². The number of halogens is 2. The van der Waals surface area contributed by atoms with Crippen molar-refractivity contribution in [3.05, 3.63) is 52.5 Å². The maximum Gasteiger partial charge on any atom is 0.243 e. The lowest BCUT2D eigenvalue weighted by atomic mass is 9.99. The van der Waals surface area contributed by atoms with Gasteiger partial charge in [-0.05, 0) is 55.3 Å². The van der Waals surface area contributed by atoms with E-state index in [0.29, 0.717) is 40.9 Å². The summed E-state index contributed by atoms with van der Waals surface area (Å²) in [6, 6.07) is 11.0. The molecular weight excluding hydrogens is 423 g/mol. The molecule has 0 aromatic heterocycles. The quantitative estimate of drug-likeness (QED) is 0.757. The first-order valence-corrected chi connectivity index (χ1v) is 10.9. The topological polar surface area (TPSA) is 75.7 Å². The number of piperidine rings is 1. The number of nitrogens with one attached hydrogen (secondary N) is 1. The van der Waals surface area contributed by atoms with Crippen LogP contribution >= 0.6 is 23.2 Å². The Bertz CT molecular complexity index is 944. The number of anilines is 1. The summed E-state index contributed by atoms with van der Waals surface area (Å²) in [5, 5.41) is 3.60. The zero-order valence-electron chi connectivity index (χ0n) is 15.2. The number of ether oxygens (including phenoxy) is 1. The molecule has 1 amide bonds. The van der Waals surface area contributed by atoms with Gasteiger partial charge in [-0.3, -0.25) is 4.79 Å². The predicted molar refractivity (Wildman–Crippen MR) is 110 cm³/mol. The first-order chi connectivity index (χ1) is 13.3. The van der Waals surface area contributed by atoms with Gasteiger partial charge in [-0.1, -0.05) is 23.2 Å². The Morgan fingerprint density at radius 1 is 1.14 bits per heavy atom. The highest BCUT2D eigenvalue weighted by atomic mass is 35.5. The lowest BCUT2D eigenvalue weighted by Crippen LogP contribution is -2.43. The van der Waals surface area contributed by atoms with Crippen molar-refractivity contribution >= 4 is 44.8 Å². The molecule has 0 unspecified atom stereocenters. The van der Waals surface area contributed by atoms with E-state index in [1.807, 2.05) is 0 Å². The second-order valence-corrected chi connectivity index (χ2v) is 9.34. The monoisotopic (exact) mass is 442 g/mol. The molecule has 1 atom stereocenters. The SMILES string of the molecule is COc1ccc(S(=O)(=O)N2CCC[C@@H](C(=O)Nc3cc(Cl)cc(Cl)c3)C2)cc1. The summed E-state index contributed by atoms with van der Waals surface area (Å²) in [6.45, 7) is 0.496. The average molecular weight is 443 g/mol. The van der Waals surface area contributed by atoms with E-state index in [2.05, 4.69) is 5.32 Å². The summed E-state index contributed by atoms with van der Waals surface area (Å²) in [4.78, 5) is 12.8. The van der Waals surface area contributed by atoms with Crippen molar-refractivity contribution in [1.82, 2.24) is 4.31 Å². The Balaban J connectivity index is 1.72. The molecule has 0 radical (unpaired) electrons. The van der Waals surface area contributed by atoms with Crippen LogP contribution < -0.4 is 10.1 Å². The van der Waals surface area contributed by atoms with Crippen LogP contribution in [0.25, 0.3) is 0 Å². The second kappa shape index (κ2) is 8.69. The lowest BCUT2D eigenvalue weighted by molar-refractivity contribution is -0.120. The van der Waals surface area contributed by atoms with E-state index in [9.17, 15) is 13.2 Å². The molecule has 28 heavy (non-hydrogen) atoms. The normalized spacial score (nSPS) is 17.9. The average Bonchev–Trinajstić information content (AvgIpc) is 2.67. The number of rotatable bonds is 5. The molecule has 0 aliphatic carbocycles. The number of amides is 1. The van der Waals surface area contributed by atoms with E-state index in [0.717, 1.165) is 0 Å². The van der Waals surface area contributed by atoms with Crippen molar-refractivity contribution in [2.75, 3.05) is 25.5 Å². The fraction of sp³-hybridized carbons (Fsp3) is 0.316. The molecule has 150 valence electrons. The minimum Gasteiger partial charge on any atom is -0.497 e. The van der Waals surface area contributed by atoms with Crippen LogP contribution in [0.3, 0.4) is 0 Å². The molecule has 0 saturated carbocycles. The molecule has 9 heteroatoms. The van der Waals surface area contributed by atoms with Crippen LogP contribution in [0.15, 0.2) is 47.4 Å². The summed E-state index contributed by atoms with van der Waals surface area (Å²) < 4.78 is 32.3. The summed E-state index contributed by atoms with van der Waals surface area (Å²) in [6.07, 6.45) is 1.21. The van der Waals surface area contributed by atoms with Gasteiger partial charge in [0.25, 0.3) is 0 Å². The van der Waals surface area contributed by atoms with E-state index in [-0.39, 0.29) is 17.3 Å². The highest BCUT2D eigenvalue weighted by Crippen LogP contribution is 2.27. The molecule has 2 aromatic rings. The summed E-state index contributed by atoms with van der Waals surface area (Å²) >= 11 is 11.9. The predicted octanol–water partition coefficient (Wildman–Crippen LogP) is 4.04. The summed E-state index contributed by atoms with van der Waals surface area (Å²) in [5.41, 5.74) is 0.484. The molecular formula is C19H20Cl2N2O4S. The van der Waals surface area contributed by atoms with Gasteiger partial charge in [0.1, 0.15) is 5.75 Å². The summed E-state index contributed by atoms with van der Waals surface area (Å²) in [5.74, 6) is -0.137. The van der Waals surface area contributed by atoms with Gasteiger partial charge in [-0.25, -0.2) is 8.42 Å². The molecule has 2 aromatic carbocycles. The van der Waals surface area contributed by atoms with Crippen molar-refractivity contribution in [2.24, 2.45) is 5.92 Å². The molecule has 0 spiro atoms. The van der Waals surface area contributed by atoms with Crippen molar-refractivity contribution in [1.29, 1.82) is 0 Å². The van der Waals surface area contributed by atoms with E-state index in [1.54, 1.807) is 30.3 Å². The number of methoxy groups -OCH3 is 1. The van der Waals surface area contributed by atoms with Crippen LogP contribution in [0.4, 0.5) is 5.69 Å². The van der Waals surface area contributed by atoms with Crippen LogP contribution in [-0.2, 0) is 14.8 Å². The van der Waals surface area contributed by atoms with Crippen molar-refractivity contribution in [2.45, 2.75) is 17.7 Å². The fourth-order valence-electron chi connectivity index (χ4n) is 3.14. The van der Waals surface area contributed by atoms with Crippen LogP contribution in [0.2, 0.25) is 10.0 Å². The van der Waals surface area contributed by atoms with Crippen LogP contribution in [-0.4, -0.2) is 38.8 Å². The number of benzene rings is 2. The van der Waals surface area contributed by atoms with Gasteiger partial charge in [-0.15, -0.1) is 0 Å². The third-order valence-corrected chi connectivity index (χ3v) is 6.90. The number of sulfonamides is 1. The van der Waals surface area contributed by atoms with Gasteiger partial charge in [0.15, 0.2) is 0 Å². The molecule has 3 rings (SSSR count). The smallest absolute Gasteiger partial charge is 0.243 e. The van der Waals surface area contributed by atoms with Crippen molar-refractivity contribution in [3.8, 4) is 5.75 Å². The third-order valence-electron chi connectivity index (χ3n) is 4.58. The maximum atomic E-state index is 12.9. The first kappa shape index (κ1) is 20.9. The Morgan fingerprint density at radius 3 is 2.39 bits per heavy atom. The van der Waals surface area contributed by atoms with Gasteiger partial charge >= 0.3 is 0 Å². The van der Waals surface area contributed by atoms with E-state index >= 15 is 0 Å². The van der Waals surface area contributed by atoms with Crippen molar-refractivity contribution < 1.29 is 17.9 Å². The van der Waals surface area contributed by atoms with Crippen LogP contribution in [0.5, 0.6) is 5.75 Å². The zero-order chi connectivity index (χ0) is 20.3. The molecule has 6 nitrogen and oxygen atoms in total. The number of nitrogens with zero attached hydrogens (tertiary/aromatic N) is 1. The molecule has 1 heterocycles. The van der Waals surface area contributed by atoms with Gasteiger partial charge in [0.05, 0.1) is 17.9 Å². The van der Waals surface area contributed by atoms with E-state index < -0.39 is 15.9 Å². The Kier molecular flexibility index (Phi) is 6.50. The number of hydrogen-bond acceptors (Lipinski definition) is 4. The van der Waals surface area contributed by atoms with Gasteiger partial charge < -0.3 is 10.1 Å². The first-order valence-electron chi connectivity index (χ1n) is 8.71. The number of carbonyl (C=O) groups is 1. The molecule has 1 aliphatic heterocycles. The van der Waals surface area contributed by atoms with Crippen LogP contribution in [0, 0.1) is 5.92 Å². The van der Waals surface area contributed by atoms with E-state index in [4.69, 9.17) is 27.9 Å². The number of carbonyl (C=O) groups excluding carboxylic acids is 1. The van der Waals surface area contributed by atoms with E-state index in [1.165, 1.54) is 23.5 Å². The Morgan fingerprint density at radius 2 is 1.79 bits per heavy atom. The van der Waals surface area contributed by atoms with Gasteiger partial charge in [0, 0.05) is 28.8 Å². The fourth-order valence-corrected chi connectivity index (χ4v) is 5.19. The zero-order valence-corrected chi connectivity index (χ0v) is 17.5. The third kappa shape index (κ3) is 4.78. The minimum absolute atomic E-state index is 0.120. The van der Waals surface area contributed by atoms with Gasteiger partial charge in [0.2, 0.25) is 15.9 Å². The molecule has 1 saturated heterocycles. The van der Waals surface area contributed by atoms with Gasteiger partial charge in [-0.2, -0.15) is 4.31 Å². The number of hydrogen-bond donors (Lipinski definition) is 1. The largest absolute Gasteiger partial charge is 0.497 e. The molecule has 1 N–H and O–H groups in total. The highest BCUT2D eigenvalue weighted by molar-refractivity contribution is 7.89. The summed E-state index contributed by atoms with van der Waals surface area (Å²) in [7, 11) is -2.17. The highest BCUT2D eigenvalue weighted by Gasteiger charge is 2.33.